The van der Waals surface area contributed by atoms with Crippen LogP contribution in [0.5, 0.6) is 0 Å². The molecule has 0 spiro atoms. The van der Waals surface area contributed by atoms with Gasteiger partial charge in [0.1, 0.15) is 12.6 Å². The third-order valence-electron chi connectivity index (χ3n) is 3.62. The molecule has 2 aromatic carbocycles. The molecule has 0 aliphatic carbocycles. The molecule has 0 aliphatic heterocycles. The Morgan fingerprint density at radius 3 is 2.27 bits per heavy atom. The van der Waals surface area contributed by atoms with Gasteiger partial charge in [0.25, 0.3) is 0 Å². The first-order chi connectivity index (χ1) is 12.5. The van der Waals surface area contributed by atoms with Crippen molar-refractivity contribution >= 4 is 17.8 Å². The number of Topliss-reactive ketones (excluding diaryl/α,β-unsaturated/α-hetero) is 1. The van der Waals surface area contributed by atoms with Crippen LogP contribution < -0.4 is 5.32 Å². The largest absolute Gasteiger partial charge is 0.456 e. The molecule has 0 fully saturated rings. The maximum Gasteiger partial charge on any atom is 0.408 e. The zero-order valence-corrected chi connectivity index (χ0v) is 14.7. The van der Waals surface area contributed by atoms with E-state index in [1.54, 1.807) is 12.1 Å². The van der Waals surface area contributed by atoms with E-state index in [0.29, 0.717) is 5.56 Å². The molecule has 2 aromatic rings. The number of hydrogen-bond acceptors (Lipinski definition) is 5. The predicted molar refractivity (Wildman–Crippen MR) is 95.7 cm³/mol. The van der Waals surface area contributed by atoms with E-state index < -0.39 is 18.1 Å². The van der Waals surface area contributed by atoms with Crippen LogP contribution in [0.1, 0.15) is 28.4 Å². The van der Waals surface area contributed by atoms with Gasteiger partial charge in [0, 0.05) is 5.56 Å². The average molecular weight is 355 g/mol. The number of carbonyl (C=O) groups is 3. The summed E-state index contributed by atoms with van der Waals surface area (Å²) in [6.45, 7) is 3.09. The van der Waals surface area contributed by atoms with Gasteiger partial charge in [-0.2, -0.15) is 0 Å². The van der Waals surface area contributed by atoms with E-state index in [0.717, 1.165) is 11.1 Å². The SMILES string of the molecule is Cc1ccc(C(=O)COC(=O)[C@H](C)NC(=O)OCc2ccccc2)cc1. The van der Waals surface area contributed by atoms with Gasteiger partial charge in [-0.15, -0.1) is 0 Å². The molecule has 26 heavy (non-hydrogen) atoms. The van der Waals surface area contributed by atoms with Crippen molar-refractivity contribution in [3.05, 3.63) is 71.3 Å². The van der Waals surface area contributed by atoms with Crippen molar-refractivity contribution in [2.45, 2.75) is 26.5 Å². The smallest absolute Gasteiger partial charge is 0.408 e. The Morgan fingerprint density at radius 2 is 1.62 bits per heavy atom. The molecule has 1 N–H and O–H groups in total. The number of benzene rings is 2. The van der Waals surface area contributed by atoms with Gasteiger partial charge in [0.15, 0.2) is 12.4 Å². The summed E-state index contributed by atoms with van der Waals surface area (Å²) >= 11 is 0. The molecule has 1 atom stereocenters. The number of ketones is 1. The van der Waals surface area contributed by atoms with Crippen LogP contribution in [0.25, 0.3) is 0 Å². The summed E-state index contributed by atoms with van der Waals surface area (Å²) in [6, 6.07) is 15.2. The molecule has 0 saturated heterocycles. The van der Waals surface area contributed by atoms with E-state index in [1.165, 1.54) is 6.92 Å². The minimum absolute atomic E-state index is 0.0976. The number of rotatable bonds is 7. The van der Waals surface area contributed by atoms with Crippen molar-refractivity contribution in [3.8, 4) is 0 Å². The number of nitrogens with one attached hydrogen (secondary N) is 1. The van der Waals surface area contributed by atoms with Gasteiger partial charge in [-0.25, -0.2) is 9.59 Å². The van der Waals surface area contributed by atoms with E-state index in [-0.39, 0.29) is 19.0 Å². The fourth-order valence-electron chi connectivity index (χ4n) is 2.08. The van der Waals surface area contributed by atoms with Crippen molar-refractivity contribution in [1.29, 1.82) is 0 Å². The fraction of sp³-hybridized carbons (Fsp3) is 0.250. The van der Waals surface area contributed by atoms with Crippen LogP contribution in [0.15, 0.2) is 54.6 Å². The molecule has 0 aliphatic rings. The van der Waals surface area contributed by atoms with E-state index >= 15 is 0 Å². The molecular weight excluding hydrogens is 334 g/mol. The van der Waals surface area contributed by atoms with Crippen molar-refractivity contribution in [2.75, 3.05) is 6.61 Å². The number of aryl methyl sites for hydroxylation is 1. The minimum Gasteiger partial charge on any atom is -0.456 e. The lowest BCUT2D eigenvalue weighted by molar-refractivity contribution is -0.144. The molecule has 0 bridgehead atoms. The lowest BCUT2D eigenvalue weighted by Gasteiger charge is -2.13. The third-order valence-corrected chi connectivity index (χ3v) is 3.62. The second kappa shape index (κ2) is 9.36. The highest BCUT2D eigenvalue weighted by Crippen LogP contribution is 2.05. The van der Waals surface area contributed by atoms with Crippen LogP contribution in [-0.2, 0) is 20.9 Å². The molecule has 0 unspecified atom stereocenters. The first-order valence-corrected chi connectivity index (χ1v) is 8.19. The Bertz CT molecular complexity index is 756. The summed E-state index contributed by atoms with van der Waals surface area (Å²) in [7, 11) is 0. The van der Waals surface area contributed by atoms with Crippen molar-refractivity contribution < 1.29 is 23.9 Å². The number of hydrogen-bond donors (Lipinski definition) is 1. The zero-order chi connectivity index (χ0) is 18.9. The summed E-state index contributed by atoms with van der Waals surface area (Å²) in [6.07, 6.45) is -0.733. The zero-order valence-electron chi connectivity index (χ0n) is 14.7. The highest BCUT2D eigenvalue weighted by Gasteiger charge is 2.19. The summed E-state index contributed by atoms with van der Waals surface area (Å²) in [4.78, 5) is 35.6. The van der Waals surface area contributed by atoms with E-state index in [2.05, 4.69) is 5.32 Å². The third kappa shape index (κ3) is 6.05. The minimum atomic E-state index is -0.927. The van der Waals surface area contributed by atoms with Gasteiger partial charge < -0.3 is 14.8 Å². The van der Waals surface area contributed by atoms with Gasteiger partial charge in [0.05, 0.1) is 0 Å². The summed E-state index contributed by atoms with van der Waals surface area (Å²) in [5.41, 5.74) is 2.33. The second-order valence-electron chi connectivity index (χ2n) is 5.82. The topological polar surface area (TPSA) is 81.7 Å². The van der Waals surface area contributed by atoms with Crippen molar-refractivity contribution in [3.63, 3.8) is 0 Å². The van der Waals surface area contributed by atoms with E-state index in [4.69, 9.17) is 9.47 Å². The highest BCUT2D eigenvalue weighted by atomic mass is 16.6. The molecule has 2 rings (SSSR count). The Balaban J connectivity index is 1.73. The Kier molecular flexibility index (Phi) is 6.91. The van der Waals surface area contributed by atoms with Crippen LogP contribution >= 0.6 is 0 Å². The number of carbonyl (C=O) groups excluding carboxylic acids is 3. The Hall–Kier alpha value is -3.15. The molecular formula is C20H21NO5. The number of alkyl carbamates (subject to hydrolysis) is 1. The summed E-state index contributed by atoms with van der Waals surface area (Å²) in [5, 5.41) is 2.37. The normalized spacial score (nSPS) is 11.3. The van der Waals surface area contributed by atoms with Gasteiger partial charge in [-0.3, -0.25) is 4.79 Å². The van der Waals surface area contributed by atoms with Gasteiger partial charge >= 0.3 is 12.1 Å². The van der Waals surface area contributed by atoms with Gasteiger partial charge in [-0.05, 0) is 19.4 Å². The van der Waals surface area contributed by atoms with Crippen LogP contribution in [0.4, 0.5) is 4.79 Å². The molecule has 0 aromatic heterocycles. The number of ether oxygens (including phenoxy) is 2. The molecule has 136 valence electrons. The first kappa shape index (κ1) is 19.2. The van der Waals surface area contributed by atoms with E-state index in [9.17, 15) is 14.4 Å². The maximum absolute atomic E-state index is 12.0. The summed E-state index contributed by atoms with van der Waals surface area (Å²) < 4.78 is 9.99. The fourth-order valence-corrected chi connectivity index (χ4v) is 2.08. The average Bonchev–Trinajstić information content (AvgIpc) is 2.65. The molecule has 1 amide bonds. The first-order valence-electron chi connectivity index (χ1n) is 8.19. The summed E-state index contributed by atoms with van der Waals surface area (Å²) in [5.74, 6) is -1.01. The predicted octanol–water partition coefficient (Wildman–Crippen LogP) is 3.04. The van der Waals surface area contributed by atoms with Crippen molar-refractivity contribution in [2.24, 2.45) is 0 Å². The lowest BCUT2D eigenvalue weighted by atomic mass is 10.1. The van der Waals surface area contributed by atoms with Crippen LogP contribution in [0.2, 0.25) is 0 Å². The van der Waals surface area contributed by atoms with E-state index in [1.807, 2.05) is 49.4 Å². The van der Waals surface area contributed by atoms with Gasteiger partial charge in [0.2, 0.25) is 0 Å². The lowest BCUT2D eigenvalue weighted by Crippen LogP contribution is -2.40. The molecule has 0 saturated carbocycles. The molecule has 0 radical (unpaired) electrons. The molecule has 0 heterocycles. The van der Waals surface area contributed by atoms with Crippen LogP contribution in [0, 0.1) is 6.92 Å². The highest BCUT2D eigenvalue weighted by molar-refractivity contribution is 5.98. The molecule has 6 nitrogen and oxygen atoms in total. The standard InChI is InChI=1S/C20H21NO5/c1-14-8-10-17(11-9-14)18(22)13-25-19(23)15(2)21-20(24)26-12-16-6-4-3-5-7-16/h3-11,15H,12-13H2,1-2H3,(H,21,24)/t15-/m0/s1. The van der Waals surface area contributed by atoms with Crippen molar-refractivity contribution in [1.82, 2.24) is 5.32 Å². The molecule has 6 heteroatoms. The number of amides is 1. The Labute approximate surface area is 152 Å². The second-order valence-corrected chi connectivity index (χ2v) is 5.82. The van der Waals surface area contributed by atoms with Crippen LogP contribution in [0.3, 0.4) is 0 Å². The monoisotopic (exact) mass is 355 g/mol. The Morgan fingerprint density at radius 1 is 0.962 bits per heavy atom. The van der Waals surface area contributed by atoms with Gasteiger partial charge in [-0.1, -0.05) is 60.2 Å². The maximum atomic E-state index is 12.0. The quantitative estimate of drug-likeness (QED) is 0.610. The van der Waals surface area contributed by atoms with Crippen LogP contribution in [-0.4, -0.2) is 30.5 Å². The number of esters is 1.